The Balaban J connectivity index is 2.12. The molecule has 106 valence electrons. The van der Waals surface area contributed by atoms with Crippen molar-refractivity contribution in [3.05, 3.63) is 40.7 Å². The highest BCUT2D eigenvalue weighted by Gasteiger charge is 2.13. The maximum Gasteiger partial charge on any atom is 0.324 e. The van der Waals surface area contributed by atoms with Crippen LogP contribution in [0.1, 0.15) is 29.7 Å². The number of rotatable bonds is 2. The number of aryl methyl sites for hydroxylation is 1. The van der Waals surface area contributed by atoms with Crippen molar-refractivity contribution >= 4 is 11.8 Å². The van der Waals surface area contributed by atoms with Crippen molar-refractivity contribution in [1.29, 1.82) is 0 Å². The lowest BCUT2D eigenvalue weighted by molar-refractivity contribution is 0.254. The molecule has 1 aromatic heterocycles. The minimum absolute atomic E-state index is 0.175. The number of aromatic nitrogens is 1. The van der Waals surface area contributed by atoms with Crippen LogP contribution in [-0.4, -0.2) is 16.1 Å². The van der Waals surface area contributed by atoms with Gasteiger partial charge in [-0.25, -0.2) is 9.78 Å². The second-order valence-electron chi connectivity index (χ2n) is 4.88. The van der Waals surface area contributed by atoms with Crippen LogP contribution in [-0.2, 0) is 0 Å². The highest BCUT2D eigenvalue weighted by Crippen LogP contribution is 2.27. The van der Waals surface area contributed by atoms with Gasteiger partial charge in [0.05, 0.1) is 5.69 Å². The van der Waals surface area contributed by atoms with Gasteiger partial charge in [-0.2, -0.15) is 0 Å². The number of nitrogens with zero attached hydrogens (tertiary/aromatic N) is 1. The molecule has 3 N–H and O–H groups in total. The first-order chi connectivity index (χ1) is 9.49. The van der Waals surface area contributed by atoms with Crippen LogP contribution >= 0.6 is 0 Å². The molecule has 2 rings (SSSR count). The number of urea groups is 1. The standard InChI is InChI=1S/C15H19N3O2/c1-9-10(2)14(16-11(3)13(9)19)18-15(20)17-12-7-5-4-6-8-12/h4-5,7,19H,6,8H2,1-3H3,(H2,16,17,18,20). The van der Waals surface area contributed by atoms with E-state index in [1.807, 2.05) is 19.1 Å². The first-order valence-electron chi connectivity index (χ1n) is 6.59. The van der Waals surface area contributed by atoms with Gasteiger partial charge in [0.15, 0.2) is 0 Å². The maximum absolute atomic E-state index is 12.0. The van der Waals surface area contributed by atoms with Gasteiger partial charge in [0.1, 0.15) is 11.6 Å². The number of aromatic hydroxyl groups is 1. The molecule has 0 radical (unpaired) electrons. The molecule has 5 nitrogen and oxygen atoms in total. The van der Waals surface area contributed by atoms with Crippen molar-refractivity contribution in [1.82, 2.24) is 10.3 Å². The fraction of sp³-hybridized carbons (Fsp3) is 0.333. The summed E-state index contributed by atoms with van der Waals surface area (Å²) >= 11 is 0. The lowest BCUT2D eigenvalue weighted by Gasteiger charge is -2.15. The van der Waals surface area contributed by atoms with Crippen LogP contribution in [0, 0.1) is 20.8 Å². The van der Waals surface area contributed by atoms with E-state index < -0.39 is 0 Å². The van der Waals surface area contributed by atoms with Crippen molar-refractivity contribution in [2.45, 2.75) is 33.6 Å². The molecule has 1 aliphatic carbocycles. The smallest absolute Gasteiger partial charge is 0.324 e. The van der Waals surface area contributed by atoms with Crippen LogP contribution in [0.2, 0.25) is 0 Å². The Kier molecular flexibility index (Phi) is 4.08. The van der Waals surface area contributed by atoms with E-state index in [4.69, 9.17) is 0 Å². The Bertz CT molecular complexity index is 604. The molecule has 0 saturated heterocycles. The summed E-state index contributed by atoms with van der Waals surface area (Å²) in [5.74, 6) is 0.649. The summed E-state index contributed by atoms with van der Waals surface area (Å²) < 4.78 is 0. The number of allylic oxidation sites excluding steroid dienone is 4. The number of hydrogen-bond donors (Lipinski definition) is 3. The van der Waals surface area contributed by atoms with E-state index in [2.05, 4.69) is 21.7 Å². The van der Waals surface area contributed by atoms with Crippen molar-refractivity contribution < 1.29 is 9.90 Å². The molecule has 0 aliphatic heterocycles. The van der Waals surface area contributed by atoms with Crippen LogP contribution in [0.5, 0.6) is 5.75 Å². The Labute approximate surface area is 118 Å². The summed E-state index contributed by atoms with van der Waals surface area (Å²) in [5.41, 5.74) is 2.88. The number of carbonyl (C=O) groups is 1. The Morgan fingerprint density at radius 2 is 2.00 bits per heavy atom. The van der Waals surface area contributed by atoms with E-state index in [0.717, 1.165) is 29.7 Å². The fourth-order valence-electron chi connectivity index (χ4n) is 2.04. The normalized spacial score (nSPS) is 13.8. The second-order valence-corrected chi connectivity index (χ2v) is 4.88. The van der Waals surface area contributed by atoms with E-state index in [1.165, 1.54) is 0 Å². The summed E-state index contributed by atoms with van der Waals surface area (Å²) in [6.45, 7) is 5.33. The highest BCUT2D eigenvalue weighted by atomic mass is 16.3. The third-order valence-electron chi connectivity index (χ3n) is 3.41. The number of nitrogens with one attached hydrogen (secondary N) is 2. The largest absolute Gasteiger partial charge is 0.506 e. The zero-order chi connectivity index (χ0) is 14.7. The van der Waals surface area contributed by atoms with E-state index in [0.29, 0.717) is 11.5 Å². The molecule has 0 fully saturated rings. The molecule has 20 heavy (non-hydrogen) atoms. The summed E-state index contributed by atoms with van der Waals surface area (Å²) in [4.78, 5) is 16.2. The molecule has 1 heterocycles. The molecule has 0 spiro atoms. The van der Waals surface area contributed by atoms with Crippen LogP contribution in [0.25, 0.3) is 0 Å². The maximum atomic E-state index is 12.0. The first kappa shape index (κ1) is 14.1. The third kappa shape index (κ3) is 2.99. The van der Waals surface area contributed by atoms with Gasteiger partial charge in [0.2, 0.25) is 0 Å². The zero-order valence-corrected chi connectivity index (χ0v) is 11.9. The third-order valence-corrected chi connectivity index (χ3v) is 3.41. The lowest BCUT2D eigenvalue weighted by atomic mass is 10.1. The van der Waals surface area contributed by atoms with Crippen LogP contribution in [0.4, 0.5) is 10.6 Å². The Morgan fingerprint density at radius 3 is 2.65 bits per heavy atom. The molecular formula is C15H19N3O2. The number of amides is 2. The Hall–Kier alpha value is -2.30. The van der Waals surface area contributed by atoms with E-state index in [-0.39, 0.29) is 11.8 Å². The predicted molar refractivity (Wildman–Crippen MR) is 78.7 cm³/mol. The van der Waals surface area contributed by atoms with Gasteiger partial charge in [-0.05, 0) is 50.8 Å². The highest BCUT2D eigenvalue weighted by molar-refractivity contribution is 5.90. The lowest BCUT2D eigenvalue weighted by Crippen LogP contribution is -2.29. The van der Waals surface area contributed by atoms with Gasteiger partial charge in [0.25, 0.3) is 0 Å². The molecule has 0 aromatic carbocycles. The monoisotopic (exact) mass is 273 g/mol. The molecule has 0 saturated carbocycles. The SMILES string of the molecule is Cc1nc(NC(=O)NC2=CC=CCC2)c(C)c(C)c1O. The van der Waals surface area contributed by atoms with Crippen molar-refractivity contribution in [3.8, 4) is 5.75 Å². The predicted octanol–water partition coefficient (Wildman–Crippen LogP) is 3.07. The van der Waals surface area contributed by atoms with Gasteiger partial charge < -0.3 is 10.4 Å². The second kappa shape index (κ2) is 5.77. The zero-order valence-electron chi connectivity index (χ0n) is 11.9. The average molecular weight is 273 g/mol. The van der Waals surface area contributed by atoms with Crippen LogP contribution < -0.4 is 10.6 Å². The number of carbonyl (C=O) groups excluding carboxylic acids is 1. The average Bonchev–Trinajstić information content (AvgIpc) is 2.43. The van der Waals surface area contributed by atoms with Gasteiger partial charge >= 0.3 is 6.03 Å². The molecular weight excluding hydrogens is 254 g/mol. The minimum atomic E-state index is -0.313. The number of anilines is 1. The van der Waals surface area contributed by atoms with Crippen molar-refractivity contribution in [3.63, 3.8) is 0 Å². The van der Waals surface area contributed by atoms with Crippen molar-refractivity contribution in [2.75, 3.05) is 5.32 Å². The molecule has 5 heteroatoms. The number of pyridine rings is 1. The minimum Gasteiger partial charge on any atom is -0.506 e. The quantitative estimate of drug-likeness (QED) is 0.775. The van der Waals surface area contributed by atoms with Crippen LogP contribution in [0.3, 0.4) is 0 Å². The molecule has 1 aliphatic rings. The van der Waals surface area contributed by atoms with Gasteiger partial charge in [-0.15, -0.1) is 0 Å². The van der Waals surface area contributed by atoms with Crippen LogP contribution in [0.15, 0.2) is 23.9 Å². The Morgan fingerprint density at radius 1 is 1.25 bits per heavy atom. The van der Waals surface area contributed by atoms with Gasteiger partial charge in [0, 0.05) is 5.70 Å². The first-order valence-corrected chi connectivity index (χ1v) is 6.59. The van der Waals surface area contributed by atoms with E-state index in [1.54, 1.807) is 13.8 Å². The summed E-state index contributed by atoms with van der Waals surface area (Å²) in [7, 11) is 0. The fourth-order valence-corrected chi connectivity index (χ4v) is 2.04. The van der Waals surface area contributed by atoms with Gasteiger partial charge in [-0.1, -0.05) is 12.2 Å². The summed E-state index contributed by atoms with van der Waals surface area (Å²) in [6, 6.07) is -0.313. The van der Waals surface area contributed by atoms with E-state index >= 15 is 0 Å². The summed E-state index contributed by atoms with van der Waals surface area (Å²) in [5, 5.41) is 15.3. The van der Waals surface area contributed by atoms with Crippen molar-refractivity contribution in [2.24, 2.45) is 0 Å². The number of hydrogen-bond acceptors (Lipinski definition) is 3. The van der Waals surface area contributed by atoms with Gasteiger partial charge in [-0.3, -0.25) is 5.32 Å². The topological polar surface area (TPSA) is 74.2 Å². The molecule has 0 unspecified atom stereocenters. The molecule has 0 atom stereocenters. The summed E-state index contributed by atoms with van der Waals surface area (Å²) in [6.07, 6.45) is 7.63. The molecule has 0 bridgehead atoms. The van der Waals surface area contributed by atoms with E-state index in [9.17, 15) is 9.90 Å². The molecule has 1 aromatic rings. The molecule has 2 amide bonds.